The van der Waals surface area contributed by atoms with E-state index in [4.69, 9.17) is 16.6 Å². The molecule has 3 unspecified atom stereocenters. The Balaban J connectivity index is 2.07. The second kappa shape index (κ2) is 14.2. The number of nitrogens with two attached hydrogens (primary N) is 2. The molecule has 11 nitrogen and oxygen atoms in total. The van der Waals surface area contributed by atoms with E-state index in [2.05, 4.69) is 20.9 Å². The highest BCUT2D eigenvalue weighted by Gasteiger charge is 2.29. The van der Waals surface area contributed by atoms with Crippen LogP contribution in [0, 0.1) is 5.92 Å². The number of amides is 3. The van der Waals surface area contributed by atoms with Gasteiger partial charge in [-0.1, -0.05) is 32.0 Å². The fourth-order valence-electron chi connectivity index (χ4n) is 3.93. The second-order valence-electron chi connectivity index (χ2n) is 9.32. The first-order valence-electron chi connectivity index (χ1n) is 12.2. The number of carbonyl (C=O) groups excluding carboxylic acids is 3. The van der Waals surface area contributed by atoms with Gasteiger partial charge in [-0.2, -0.15) is 0 Å². The van der Waals surface area contributed by atoms with Gasteiger partial charge in [0.2, 0.25) is 17.7 Å². The number of fused-ring (bicyclic) bond motifs is 1. The van der Waals surface area contributed by atoms with Crippen molar-refractivity contribution in [1.29, 1.82) is 0 Å². The molecule has 0 bridgehead atoms. The zero-order valence-corrected chi connectivity index (χ0v) is 20.9. The van der Waals surface area contributed by atoms with Crippen molar-refractivity contribution in [2.45, 2.75) is 64.1 Å². The van der Waals surface area contributed by atoms with Gasteiger partial charge < -0.3 is 37.5 Å². The van der Waals surface area contributed by atoms with Crippen LogP contribution in [0.3, 0.4) is 0 Å². The summed E-state index contributed by atoms with van der Waals surface area (Å²) in [6.07, 6.45) is 3.94. The first-order valence-corrected chi connectivity index (χ1v) is 12.2. The second-order valence-corrected chi connectivity index (χ2v) is 9.32. The van der Waals surface area contributed by atoms with E-state index >= 15 is 0 Å². The van der Waals surface area contributed by atoms with Gasteiger partial charge in [0.15, 0.2) is 0 Å². The predicted molar refractivity (Wildman–Crippen MR) is 137 cm³/mol. The third-order valence-electron chi connectivity index (χ3n) is 5.79. The Kier molecular flexibility index (Phi) is 11.4. The molecule has 1 heterocycles. The van der Waals surface area contributed by atoms with Crippen molar-refractivity contribution in [3.8, 4) is 0 Å². The van der Waals surface area contributed by atoms with Gasteiger partial charge in [0.1, 0.15) is 18.6 Å². The van der Waals surface area contributed by atoms with E-state index in [1.165, 1.54) is 0 Å². The van der Waals surface area contributed by atoms with Gasteiger partial charge in [-0.3, -0.25) is 19.2 Å². The molecule has 0 spiro atoms. The number of para-hydroxylation sites is 1. The molecule has 1 aromatic heterocycles. The van der Waals surface area contributed by atoms with Gasteiger partial charge in [-0.05, 0) is 56.2 Å². The molecular formula is C25H38N6O5. The molecule has 0 saturated carbocycles. The maximum absolute atomic E-state index is 13.1. The maximum Gasteiger partial charge on any atom is 0.322 e. The molecule has 0 aliphatic carbocycles. The van der Waals surface area contributed by atoms with Crippen molar-refractivity contribution in [2.24, 2.45) is 17.4 Å². The Morgan fingerprint density at radius 2 is 1.69 bits per heavy atom. The average molecular weight is 503 g/mol. The van der Waals surface area contributed by atoms with E-state index < -0.39 is 48.4 Å². The summed E-state index contributed by atoms with van der Waals surface area (Å²) in [5.41, 5.74) is 13.6. The smallest absolute Gasteiger partial charge is 0.322 e. The first-order chi connectivity index (χ1) is 17.1. The molecule has 0 aliphatic heterocycles. The zero-order valence-electron chi connectivity index (χ0n) is 20.9. The molecule has 36 heavy (non-hydrogen) atoms. The first kappa shape index (κ1) is 28.8. The number of aliphatic carboxylic acids is 1. The molecule has 3 atom stereocenters. The van der Waals surface area contributed by atoms with Crippen LogP contribution in [0.1, 0.15) is 45.1 Å². The number of benzene rings is 1. The minimum absolute atomic E-state index is 0.0717. The fourth-order valence-corrected chi connectivity index (χ4v) is 3.93. The van der Waals surface area contributed by atoms with Crippen LogP contribution in [-0.2, 0) is 25.6 Å². The Morgan fingerprint density at radius 3 is 2.36 bits per heavy atom. The average Bonchev–Trinajstić information content (AvgIpc) is 3.23. The van der Waals surface area contributed by atoms with Gasteiger partial charge in [-0.25, -0.2) is 0 Å². The van der Waals surface area contributed by atoms with E-state index in [0.717, 1.165) is 16.5 Å². The number of aromatic amines is 1. The Morgan fingerprint density at radius 1 is 1.00 bits per heavy atom. The molecule has 3 amide bonds. The van der Waals surface area contributed by atoms with Crippen LogP contribution in [-0.4, -0.2) is 65.0 Å². The SMILES string of the molecule is CC(C)CC(NC(=O)C(N)Cc1c[nH]c2ccccc12)C(=O)NC(CCCCN)C(=O)NCC(=O)O. The molecule has 198 valence electrons. The summed E-state index contributed by atoms with van der Waals surface area (Å²) in [6.45, 7) is 3.70. The third kappa shape index (κ3) is 8.97. The van der Waals surface area contributed by atoms with Crippen LogP contribution in [0.25, 0.3) is 10.9 Å². The Bertz CT molecular complexity index is 1040. The number of carboxylic acids is 1. The normalized spacial score (nSPS) is 13.7. The third-order valence-corrected chi connectivity index (χ3v) is 5.79. The van der Waals surface area contributed by atoms with Gasteiger partial charge in [0.25, 0.3) is 0 Å². The molecule has 11 heteroatoms. The van der Waals surface area contributed by atoms with Crippen LogP contribution < -0.4 is 27.4 Å². The lowest BCUT2D eigenvalue weighted by Gasteiger charge is -2.25. The van der Waals surface area contributed by atoms with Crippen molar-refractivity contribution in [3.05, 3.63) is 36.0 Å². The maximum atomic E-state index is 13.1. The van der Waals surface area contributed by atoms with E-state index in [1.807, 2.05) is 44.3 Å². The van der Waals surface area contributed by atoms with Gasteiger partial charge >= 0.3 is 5.97 Å². The summed E-state index contributed by atoms with van der Waals surface area (Å²) in [5, 5.41) is 17.5. The molecule has 0 fully saturated rings. The quantitative estimate of drug-likeness (QED) is 0.171. The van der Waals surface area contributed by atoms with E-state index in [-0.39, 0.29) is 18.8 Å². The summed E-state index contributed by atoms with van der Waals surface area (Å²) < 4.78 is 0. The Labute approximate surface area is 210 Å². The number of hydrogen-bond donors (Lipinski definition) is 7. The van der Waals surface area contributed by atoms with Crippen molar-refractivity contribution in [2.75, 3.05) is 13.1 Å². The van der Waals surface area contributed by atoms with Crippen LogP contribution >= 0.6 is 0 Å². The standard InChI is InChI=1S/C25H38N6O5/c1-15(2)11-21(25(36)30-20(9-5-6-10-26)24(35)29-14-22(32)33)31-23(34)18(27)12-16-13-28-19-8-4-3-7-17(16)19/h3-4,7-8,13,15,18,20-21,28H,5-6,9-12,14,26-27H2,1-2H3,(H,29,35)(H,30,36)(H,31,34)(H,32,33). The van der Waals surface area contributed by atoms with Crippen molar-refractivity contribution < 1.29 is 24.3 Å². The number of unbranched alkanes of at least 4 members (excludes halogenated alkanes) is 1. The largest absolute Gasteiger partial charge is 0.480 e. The summed E-state index contributed by atoms with van der Waals surface area (Å²) >= 11 is 0. The lowest BCUT2D eigenvalue weighted by molar-refractivity contribution is -0.138. The Hall–Kier alpha value is -3.44. The highest BCUT2D eigenvalue weighted by molar-refractivity contribution is 5.94. The van der Waals surface area contributed by atoms with E-state index in [9.17, 15) is 19.2 Å². The molecule has 0 radical (unpaired) electrons. The number of carbonyl (C=O) groups is 4. The molecular weight excluding hydrogens is 464 g/mol. The van der Waals surface area contributed by atoms with E-state index in [1.54, 1.807) is 0 Å². The molecule has 1 aromatic carbocycles. The lowest BCUT2D eigenvalue weighted by atomic mass is 10.0. The number of carboxylic acid groups (broad SMARTS) is 1. The van der Waals surface area contributed by atoms with Gasteiger partial charge in [0.05, 0.1) is 6.04 Å². The zero-order chi connectivity index (χ0) is 26.7. The number of nitrogens with one attached hydrogen (secondary N) is 4. The van der Waals surface area contributed by atoms with Crippen LogP contribution in [0.5, 0.6) is 0 Å². The number of rotatable bonds is 15. The summed E-state index contributed by atoms with van der Waals surface area (Å²) in [7, 11) is 0. The number of H-pyrrole nitrogens is 1. The molecule has 9 N–H and O–H groups in total. The highest BCUT2D eigenvalue weighted by Crippen LogP contribution is 2.19. The topological polar surface area (TPSA) is 192 Å². The van der Waals surface area contributed by atoms with Crippen LogP contribution in [0.15, 0.2) is 30.5 Å². The fraction of sp³-hybridized carbons (Fsp3) is 0.520. The monoisotopic (exact) mass is 502 g/mol. The summed E-state index contributed by atoms with van der Waals surface area (Å²) in [6, 6.07) is 4.96. The van der Waals surface area contributed by atoms with Crippen molar-refractivity contribution in [1.82, 2.24) is 20.9 Å². The van der Waals surface area contributed by atoms with E-state index in [0.29, 0.717) is 25.8 Å². The number of aromatic nitrogens is 1. The van der Waals surface area contributed by atoms with Crippen LogP contribution in [0.2, 0.25) is 0 Å². The molecule has 0 saturated heterocycles. The predicted octanol–water partition coefficient (Wildman–Crippen LogP) is 0.383. The number of hydrogen-bond acceptors (Lipinski definition) is 6. The minimum Gasteiger partial charge on any atom is -0.480 e. The molecule has 2 rings (SSSR count). The van der Waals surface area contributed by atoms with Gasteiger partial charge in [-0.15, -0.1) is 0 Å². The molecule has 0 aliphatic rings. The lowest BCUT2D eigenvalue weighted by Crippen LogP contribution is -2.56. The summed E-state index contributed by atoms with van der Waals surface area (Å²) in [4.78, 5) is 52.5. The highest BCUT2D eigenvalue weighted by atomic mass is 16.4. The summed E-state index contributed by atoms with van der Waals surface area (Å²) in [5.74, 6) is -2.73. The van der Waals surface area contributed by atoms with Crippen LogP contribution in [0.4, 0.5) is 0 Å². The van der Waals surface area contributed by atoms with Crippen molar-refractivity contribution in [3.63, 3.8) is 0 Å². The minimum atomic E-state index is -1.19. The van der Waals surface area contributed by atoms with Crippen molar-refractivity contribution >= 4 is 34.6 Å². The molecule has 2 aromatic rings. The van der Waals surface area contributed by atoms with Gasteiger partial charge in [0, 0.05) is 17.1 Å².